The number of carbonyl (C=O) groups excluding carboxylic acids is 2. The van der Waals surface area contributed by atoms with E-state index >= 15 is 0 Å². The van der Waals surface area contributed by atoms with Gasteiger partial charge in [0, 0.05) is 17.8 Å². The number of nitrogens with zero attached hydrogens (tertiary/aromatic N) is 1. The molecule has 3 rings (SSSR count). The fourth-order valence-electron chi connectivity index (χ4n) is 2.75. The summed E-state index contributed by atoms with van der Waals surface area (Å²) in [6.45, 7) is 0.273. The lowest BCUT2D eigenvalue weighted by atomic mass is 9.96. The zero-order valence-corrected chi connectivity index (χ0v) is 14.7. The molecule has 2 amide bonds. The van der Waals surface area contributed by atoms with E-state index in [1.807, 2.05) is 11.4 Å². The van der Waals surface area contributed by atoms with Crippen LogP contribution < -0.4 is 10.6 Å². The first-order valence-corrected chi connectivity index (χ1v) is 9.55. The highest BCUT2D eigenvalue weighted by Gasteiger charge is 2.21. The average Bonchev–Trinajstić information content (AvgIpc) is 3.22. The molecule has 124 valence electrons. The van der Waals surface area contributed by atoms with Crippen LogP contribution in [-0.2, 0) is 17.6 Å². The number of nitrogens with one attached hydrogen (secondary N) is 2. The van der Waals surface area contributed by atoms with Crippen molar-refractivity contribution in [2.45, 2.75) is 32.1 Å². The Morgan fingerprint density at radius 3 is 2.88 bits per heavy atom. The zero-order valence-electron chi connectivity index (χ0n) is 13.1. The molecule has 2 heterocycles. The van der Waals surface area contributed by atoms with Crippen LogP contribution in [0, 0.1) is 11.3 Å². The van der Waals surface area contributed by atoms with Crippen LogP contribution in [0.4, 0.5) is 5.00 Å². The van der Waals surface area contributed by atoms with E-state index in [0.717, 1.165) is 31.2 Å². The maximum Gasteiger partial charge on any atom is 0.261 e. The van der Waals surface area contributed by atoms with E-state index in [2.05, 4.69) is 16.7 Å². The number of nitriles is 1. The molecule has 5 nitrogen and oxygen atoms in total. The molecule has 2 N–H and O–H groups in total. The van der Waals surface area contributed by atoms with Gasteiger partial charge in [-0.1, -0.05) is 6.07 Å². The molecule has 24 heavy (non-hydrogen) atoms. The van der Waals surface area contributed by atoms with Crippen molar-refractivity contribution in [3.63, 3.8) is 0 Å². The molecule has 0 aromatic carbocycles. The smallest absolute Gasteiger partial charge is 0.261 e. The number of rotatable bonds is 5. The highest BCUT2D eigenvalue weighted by Crippen LogP contribution is 2.37. The highest BCUT2D eigenvalue weighted by molar-refractivity contribution is 7.16. The monoisotopic (exact) mass is 359 g/mol. The molecular formula is C17H17N3O2S2. The van der Waals surface area contributed by atoms with Crippen LogP contribution >= 0.6 is 22.7 Å². The number of aryl methyl sites for hydroxylation is 1. The van der Waals surface area contributed by atoms with Crippen molar-refractivity contribution in [3.05, 3.63) is 38.4 Å². The van der Waals surface area contributed by atoms with E-state index in [1.54, 1.807) is 6.07 Å². The van der Waals surface area contributed by atoms with E-state index in [1.165, 1.54) is 27.6 Å². The van der Waals surface area contributed by atoms with Crippen molar-refractivity contribution in [2.75, 3.05) is 11.9 Å². The average molecular weight is 359 g/mol. The standard InChI is InChI=1S/C17H17N3O2S2/c18-10-12-11-4-1-2-5-13(11)24-17(12)20-15(21)7-8-19-16(22)14-6-3-9-23-14/h3,6,9H,1-2,4-5,7-8H2,(H,19,22)(H,20,21). The SMILES string of the molecule is N#Cc1c(NC(=O)CCNC(=O)c2cccs2)sc2c1CCCC2. The van der Waals surface area contributed by atoms with Gasteiger partial charge < -0.3 is 10.6 Å². The van der Waals surface area contributed by atoms with Crippen LogP contribution in [0.3, 0.4) is 0 Å². The van der Waals surface area contributed by atoms with Crippen molar-refractivity contribution in [3.8, 4) is 6.07 Å². The molecule has 2 aromatic rings. The van der Waals surface area contributed by atoms with Gasteiger partial charge in [-0.15, -0.1) is 22.7 Å². The summed E-state index contributed by atoms with van der Waals surface area (Å²) in [7, 11) is 0. The van der Waals surface area contributed by atoms with Crippen LogP contribution in [0.5, 0.6) is 0 Å². The summed E-state index contributed by atoms with van der Waals surface area (Å²) in [5.74, 6) is -0.348. The van der Waals surface area contributed by atoms with Crippen molar-refractivity contribution in [1.29, 1.82) is 5.26 Å². The van der Waals surface area contributed by atoms with E-state index in [-0.39, 0.29) is 24.8 Å². The van der Waals surface area contributed by atoms with Gasteiger partial charge in [0.05, 0.1) is 10.4 Å². The Morgan fingerprint density at radius 1 is 1.29 bits per heavy atom. The number of fused-ring (bicyclic) bond motifs is 1. The topological polar surface area (TPSA) is 82.0 Å². The molecule has 0 bridgehead atoms. The third kappa shape index (κ3) is 3.66. The third-order valence-corrected chi connectivity index (χ3v) is 5.99. The number of anilines is 1. The minimum absolute atomic E-state index is 0.165. The molecule has 0 saturated heterocycles. The van der Waals surface area contributed by atoms with Crippen LogP contribution in [0.15, 0.2) is 17.5 Å². The summed E-state index contributed by atoms with van der Waals surface area (Å²) < 4.78 is 0. The van der Waals surface area contributed by atoms with Crippen LogP contribution in [0.25, 0.3) is 0 Å². The molecule has 1 aliphatic carbocycles. The first kappa shape index (κ1) is 16.7. The maximum atomic E-state index is 12.1. The second kappa shape index (κ2) is 7.60. The lowest BCUT2D eigenvalue weighted by molar-refractivity contribution is -0.116. The highest BCUT2D eigenvalue weighted by atomic mass is 32.1. The van der Waals surface area contributed by atoms with Crippen LogP contribution in [-0.4, -0.2) is 18.4 Å². The Labute approximate surface area is 148 Å². The van der Waals surface area contributed by atoms with Crippen molar-refractivity contribution in [1.82, 2.24) is 5.32 Å². The fraction of sp³-hybridized carbons (Fsp3) is 0.353. The number of thiophene rings is 2. The Bertz CT molecular complexity index is 788. The first-order valence-electron chi connectivity index (χ1n) is 7.85. The second-order valence-corrected chi connectivity index (χ2v) is 7.61. The molecule has 0 aliphatic heterocycles. The van der Waals surface area contributed by atoms with Gasteiger partial charge in [0.1, 0.15) is 11.1 Å². The molecule has 7 heteroatoms. The van der Waals surface area contributed by atoms with Gasteiger partial charge >= 0.3 is 0 Å². The quantitative estimate of drug-likeness (QED) is 0.859. The van der Waals surface area contributed by atoms with Gasteiger partial charge in [0.2, 0.25) is 5.91 Å². The fourth-order valence-corrected chi connectivity index (χ4v) is 4.64. The molecule has 0 atom stereocenters. The molecule has 0 saturated carbocycles. The molecule has 0 fully saturated rings. The van der Waals surface area contributed by atoms with Crippen LogP contribution in [0.2, 0.25) is 0 Å². The van der Waals surface area contributed by atoms with E-state index in [0.29, 0.717) is 15.4 Å². The van der Waals surface area contributed by atoms with Crippen molar-refractivity contribution < 1.29 is 9.59 Å². The summed E-state index contributed by atoms with van der Waals surface area (Å²) in [4.78, 5) is 25.8. The Balaban J connectivity index is 1.55. The molecular weight excluding hydrogens is 342 g/mol. The minimum atomic E-state index is -0.184. The summed E-state index contributed by atoms with van der Waals surface area (Å²) >= 11 is 2.88. The number of amides is 2. The van der Waals surface area contributed by atoms with Gasteiger partial charge in [0.25, 0.3) is 5.91 Å². The first-order chi connectivity index (χ1) is 11.7. The van der Waals surface area contributed by atoms with E-state index in [4.69, 9.17) is 0 Å². The van der Waals surface area contributed by atoms with Gasteiger partial charge in [-0.05, 0) is 42.7 Å². The van der Waals surface area contributed by atoms with E-state index in [9.17, 15) is 14.9 Å². The molecule has 2 aromatic heterocycles. The zero-order chi connectivity index (χ0) is 16.9. The largest absolute Gasteiger partial charge is 0.351 e. The van der Waals surface area contributed by atoms with Crippen molar-refractivity contribution in [2.24, 2.45) is 0 Å². The minimum Gasteiger partial charge on any atom is -0.351 e. The molecule has 0 spiro atoms. The van der Waals surface area contributed by atoms with Gasteiger partial charge in [-0.2, -0.15) is 5.26 Å². The summed E-state index contributed by atoms with van der Waals surface area (Å²) in [5.41, 5.74) is 1.72. The predicted octanol–water partition coefficient (Wildman–Crippen LogP) is 3.32. The maximum absolute atomic E-state index is 12.1. The Morgan fingerprint density at radius 2 is 2.12 bits per heavy atom. The lowest BCUT2D eigenvalue weighted by Crippen LogP contribution is -2.27. The Kier molecular flexibility index (Phi) is 5.28. The predicted molar refractivity (Wildman–Crippen MR) is 95.6 cm³/mol. The molecule has 0 unspecified atom stereocenters. The Hall–Kier alpha value is -2.17. The molecule has 1 aliphatic rings. The lowest BCUT2D eigenvalue weighted by Gasteiger charge is -2.09. The normalized spacial score (nSPS) is 13.0. The van der Waals surface area contributed by atoms with Crippen LogP contribution in [0.1, 0.15) is 44.9 Å². The number of hydrogen-bond donors (Lipinski definition) is 2. The van der Waals surface area contributed by atoms with Gasteiger partial charge in [-0.3, -0.25) is 9.59 Å². The number of hydrogen-bond acceptors (Lipinski definition) is 5. The summed E-state index contributed by atoms with van der Waals surface area (Å²) in [6.07, 6.45) is 4.33. The third-order valence-electron chi connectivity index (χ3n) is 3.92. The number of carbonyl (C=O) groups is 2. The van der Waals surface area contributed by atoms with Gasteiger partial charge in [0.15, 0.2) is 0 Å². The van der Waals surface area contributed by atoms with E-state index < -0.39 is 0 Å². The second-order valence-electron chi connectivity index (χ2n) is 5.56. The van der Waals surface area contributed by atoms with Crippen molar-refractivity contribution >= 4 is 39.5 Å². The molecule has 0 radical (unpaired) electrons. The summed E-state index contributed by atoms with van der Waals surface area (Å²) in [5, 5.41) is 17.4. The van der Waals surface area contributed by atoms with Gasteiger partial charge in [-0.25, -0.2) is 0 Å². The summed E-state index contributed by atoms with van der Waals surface area (Å²) in [6, 6.07) is 5.79.